The molecule has 7 nitrogen and oxygen atoms in total. The van der Waals surface area contributed by atoms with Gasteiger partial charge in [-0.05, 0) is 44.4 Å². The summed E-state index contributed by atoms with van der Waals surface area (Å²) < 4.78 is 15.3. The Bertz CT molecular complexity index is 865. The van der Waals surface area contributed by atoms with E-state index in [1.165, 1.54) is 0 Å². The lowest BCUT2D eigenvalue weighted by Gasteiger charge is -2.18. The summed E-state index contributed by atoms with van der Waals surface area (Å²) in [5.41, 5.74) is 3.79. The average molecular weight is 372 g/mol. The molecule has 0 aliphatic carbocycles. The van der Waals surface area contributed by atoms with E-state index in [4.69, 9.17) is 19.2 Å². The van der Waals surface area contributed by atoms with E-state index in [1.54, 1.807) is 24.8 Å². The van der Waals surface area contributed by atoms with Crippen molar-refractivity contribution in [2.45, 2.75) is 33.6 Å². The van der Waals surface area contributed by atoms with E-state index in [-0.39, 0.29) is 12.7 Å². The fourth-order valence-corrected chi connectivity index (χ4v) is 3.38. The first-order valence-corrected chi connectivity index (χ1v) is 9.22. The monoisotopic (exact) mass is 372 g/mol. The minimum atomic E-state index is -0.743. The Morgan fingerprint density at radius 1 is 1.11 bits per heavy atom. The molecule has 7 heteroatoms. The third kappa shape index (κ3) is 3.97. The number of rotatable bonds is 3. The average Bonchev–Trinajstić information content (AvgIpc) is 2.86. The van der Waals surface area contributed by atoms with Crippen LogP contribution in [0.1, 0.15) is 30.7 Å². The summed E-state index contributed by atoms with van der Waals surface area (Å²) in [7, 11) is 0. The molecule has 1 amide bonds. The van der Waals surface area contributed by atoms with Crippen molar-refractivity contribution in [2.75, 3.05) is 26.3 Å². The number of hydrogen-bond donors (Lipinski definition) is 0. The molecule has 0 N–H and O–H groups in total. The standard InChI is InChI=1S/C20H24N2O5/c1-4-25-19(23)22-11-9-14-13(3)15-7-6-8-17(27-20(24)26-5-2)18(15)21-16(14)10-12-22/h6-8H,4-5,9-12H2,1-3H3. The van der Waals surface area contributed by atoms with Crippen LogP contribution in [-0.2, 0) is 22.3 Å². The zero-order chi connectivity index (χ0) is 19.4. The molecule has 1 aliphatic rings. The second-order valence-corrected chi connectivity index (χ2v) is 6.29. The van der Waals surface area contributed by atoms with Crippen molar-refractivity contribution < 1.29 is 23.8 Å². The molecule has 27 heavy (non-hydrogen) atoms. The summed E-state index contributed by atoms with van der Waals surface area (Å²) >= 11 is 0. The van der Waals surface area contributed by atoms with E-state index in [9.17, 15) is 9.59 Å². The van der Waals surface area contributed by atoms with Gasteiger partial charge < -0.3 is 19.1 Å². The highest BCUT2D eigenvalue weighted by molar-refractivity contribution is 5.90. The summed E-state index contributed by atoms with van der Waals surface area (Å²) in [5, 5.41) is 0.931. The Hall–Kier alpha value is -2.83. The van der Waals surface area contributed by atoms with Crippen molar-refractivity contribution in [3.05, 3.63) is 35.0 Å². The SMILES string of the molecule is CCOC(=O)Oc1cccc2c(C)c3c(nc12)CCN(C(=O)OCC)CC3. The normalized spacial score (nSPS) is 13.7. The van der Waals surface area contributed by atoms with Gasteiger partial charge in [0.15, 0.2) is 5.75 Å². The Labute approximate surface area is 158 Å². The number of carbonyl (C=O) groups is 2. The molecular formula is C20H24N2O5. The van der Waals surface area contributed by atoms with Crippen molar-refractivity contribution in [3.63, 3.8) is 0 Å². The molecule has 1 aromatic carbocycles. The van der Waals surface area contributed by atoms with Crippen molar-refractivity contribution in [1.82, 2.24) is 9.88 Å². The van der Waals surface area contributed by atoms with Gasteiger partial charge in [-0.2, -0.15) is 0 Å². The fourth-order valence-electron chi connectivity index (χ4n) is 3.38. The number of aryl methyl sites for hydroxylation is 1. The summed E-state index contributed by atoms with van der Waals surface area (Å²) in [6, 6.07) is 5.50. The zero-order valence-corrected chi connectivity index (χ0v) is 15.9. The molecule has 0 radical (unpaired) electrons. The number of benzene rings is 1. The van der Waals surface area contributed by atoms with E-state index in [1.807, 2.05) is 19.1 Å². The van der Waals surface area contributed by atoms with Crippen LogP contribution < -0.4 is 4.74 Å². The van der Waals surface area contributed by atoms with E-state index >= 15 is 0 Å². The van der Waals surface area contributed by atoms with Crippen LogP contribution in [0, 0.1) is 6.92 Å². The summed E-state index contributed by atoms with van der Waals surface area (Å²) in [6.45, 7) is 7.31. The van der Waals surface area contributed by atoms with Crippen LogP contribution in [0.4, 0.5) is 9.59 Å². The molecule has 2 aromatic rings. The van der Waals surface area contributed by atoms with Crippen molar-refractivity contribution >= 4 is 23.2 Å². The van der Waals surface area contributed by atoms with Crippen molar-refractivity contribution in [3.8, 4) is 5.75 Å². The number of nitrogens with zero attached hydrogens (tertiary/aromatic N) is 2. The van der Waals surface area contributed by atoms with Gasteiger partial charge in [-0.25, -0.2) is 14.6 Å². The summed E-state index contributed by atoms with van der Waals surface area (Å²) in [5.74, 6) is 0.378. The third-order valence-electron chi connectivity index (χ3n) is 4.68. The molecule has 0 unspecified atom stereocenters. The minimum Gasteiger partial charge on any atom is -0.450 e. The quantitative estimate of drug-likeness (QED) is 0.605. The number of ether oxygens (including phenoxy) is 3. The van der Waals surface area contributed by atoms with Crippen LogP contribution in [0.2, 0.25) is 0 Å². The first-order valence-electron chi connectivity index (χ1n) is 9.22. The predicted octanol–water partition coefficient (Wildman–Crippen LogP) is 3.64. The summed E-state index contributed by atoms with van der Waals surface area (Å²) in [6.07, 6.45) is 0.302. The number of aromatic nitrogens is 1. The Morgan fingerprint density at radius 3 is 2.59 bits per heavy atom. The van der Waals surface area contributed by atoms with E-state index in [0.717, 1.165) is 22.2 Å². The Kier molecular flexibility index (Phi) is 5.78. The van der Waals surface area contributed by atoms with Crippen molar-refractivity contribution in [2.24, 2.45) is 0 Å². The van der Waals surface area contributed by atoms with Gasteiger partial charge in [-0.1, -0.05) is 12.1 Å². The van der Waals surface area contributed by atoms with E-state index < -0.39 is 6.16 Å². The third-order valence-corrected chi connectivity index (χ3v) is 4.68. The molecule has 0 bridgehead atoms. The number of amides is 1. The van der Waals surface area contributed by atoms with Gasteiger partial charge in [0.1, 0.15) is 5.52 Å². The van der Waals surface area contributed by atoms with Crippen LogP contribution in [0.15, 0.2) is 18.2 Å². The molecule has 2 heterocycles. The lowest BCUT2D eigenvalue weighted by molar-refractivity contribution is 0.104. The van der Waals surface area contributed by atoms with Gasteiger partial charge in [0, 0.05) is 30.6 Å². The second kappa shape index (κ2) is 8.24. The summed E-state index contributed by atoms with van der Waals surface area (Å²) in [4.78, 5) is 30.3. The maximum atomic E-state index is 12.1. The number of hydrogen-bond acceptors (Lipinski definition) is 6. The number of carbonyl (C=O) groups excluding carboxylic acids is 2. The highest BCUT2D eigenvalue weighted by atomic mass is 16.7. The lowest BCUT2D eigenvalue weighted by atomic mass is 9.98. The van der Waals surface area contributed by atoms with E-state index in [2.05, 4.69) is 0 Å². The molecule has 0 atom stereocenters. The smallest absolute Gasteiger partial charge is 0.450 e. The van der Waals surface area contributed by atoms with Gasteiger partial charge in [0.05, 0.1) is 13.2 Å². The molecule has 0 spiro atoms. The number of para-hydroxylation sites is 1. The molecule has 0 saturated heterocycles. The molecule has 144 valence electrons. The minimum absolute atomic E-state index is 0.245. The van der Waals surface area contributed by atoms with Crippen LogP contribution in [0.5, 0.6) is 5.75 Å². The molecule has 3 rings (SSSR count). The maximum Gasteiger partial charge on any atom is 0.513 e. The van der Waals surface area contributed by atoms with Gasteiger partial charge in [-0.15, -0.1) is 0 Å². The van der Waals surface area contributed by atoms with Crippen LogP contribution in [0.3, 0.4) is 0 Å². The zero-order valence-electron chi connectivity index (χ0n) is 15.9. The molecule has 0 fully saturated rings. The Balaban J connectivity index is 1.95. The fraction of sp³-hybridized carbons (Fsp3) is 0.450. The molecular weight excluding hydrogens is 348 g/mol. The second-order valence-electron chi connectivity index (χ2n) is 6.29. The highest BCUT2D eigenvalue weighted by Gasteiger charge is 2.23. The topological polar surface area (TPSA) is 78.0 Å². The van der Waals surface area contributed by atoms with Gasteiger partial charge in [0.2, 0.25) is 0 Å². The molecule has 0 saturated carbocycles. The van der Waals surface area contributed by atoms with Crippen LogP contribution in [-0.4, -0.2) is 48.4 Å². The highest BCUT2D eigenvalue weighted by Crippen LogP contribution is 2.31. The lowest BCUT2D eigenvalue weighted by Crippen LogP contribution is -2.33. The van der Waals surface area contributed by atoms with E-state index in [0.29, 0.717) is 43.8 Å². The van der Waals surface area contributed by atoms with Gasteiger partial charge in [0.25, 0.3) is 0 Å². The van der Waals surface area contributed by atoms with Crippen LogP contribution >= 0.6 is 0 Å². The largest absolute Gasteiger partial charge is 0.513 e. The molecule has 1 aliphatic heterocycles. The number of fused-ring (bicyclic) bond motifs is 2. The predicted molar refractivity (Wildman–Crippen MR) is 100 cm³/mol. The first kappa shape index (κ1) is 18.9. The van der Waals surface area contributed by atoms with Gasteiger partial charge in [-0.3, -0.25) is 0 Å². The van der Waals surface area contributed by atoms with Gasteiger partial charge >= 0.3 is 12.2 Å². The number of pyridine rings is 1. The maximum absolute atomic E-state index is 12.1. The van der Waals surface area contributed by atoms with Crippen molar-refractivity contribution in [1.29, 1.82) is 0 Å². The molecule has 1 aromatic heterocycles. The van der Waals surface area contributed by atoms with Crippen LogP contribution in [0.25, 0.3) is 10.9 Å². The first-order chi connectivity index (χ1) is 13.0. The Morgan fingerprint density at radius 2 is 1.85 bits per heavy atom.